The Bertz CT molecular complexity index is 533. The highest BCUT2D eigenvalue weighted by molar-refractivity contribution is 5.84. The zero-order valence-corrected chi connectivity index (χ0v) is 9.11. The van der Waals surface area contributed by atoms with Gasteiger partial charge in [0.05, 0.1) is 0 Å². The number of hydrogen-bond donors (Lipinski definition) is 0. The van der Waals surface area contributed by atoms with Crippen molar-refractivity contribution in [1.82, 2.24) is 4.57 Å². The molecule has 2 rings (SSSR count). The third-order valence-corrected chi connectivity index (χ3v) is 2.68. The maximum absolute atomic E-state index is 13.2. The lowest BCUT2D eigenvalue weighted by atomic mass is 10.1. The van der Waals surface area contributed by atoms with E-state index < -0.39 is 0 Å². The quantitative estimate of drug-likeness (QED) is 0.746. The van der Waals surface area contributed by atoms with Crippen molar-refractivity contribution >= 4 is 17.4 Å². The first-order valence-electron chi connectivity index (χ1n) is 4.97. The molecule has 0 spiro atoms. The van der Waals surface area contributed by atoms with Gasteiger partial charge in [0.1, 0.15) is 11.9 Å². The molecule has 0 radical (unpaired) electrons. The van der Waals surface area contributed by atoms with Crippen LogP contribution in [0.25, 0.3) is 10.9 Å². The molecule has 84 valence electrons. The fourth-order valence-corrected chi connectivity index (χ4v) is 1.88. The first kappa shape index (κ1) is 10.7. The van der Waals surface area contributed by atoms with E-state index in [1.807, 2.05) is 17.8 Å². The van der Waals surface area contributed by atoms with Crippen molar-refractivity contribution in [3.05, 3.63) is 35.8 Å². The minimum Gasteiger partial charge on any atom is -0.460 e. The van der Waals surface area contributed by atoms with Crippen LogP contribution in [0, 0.1) is 5.82 Å². The third kappa shape index (κ3) is 1.66. The van der Waals surface area contributed by atoms with E-state index in [1.165, 1.54) is 12.1 Å². The van der Waals surface area contributed by atoms with Crippen molar-refractivity contribution in [2.75, 3.05) is 0 Å². The number of aromatic nitrogens is 1. The van der Waals surface area contributed by atoms with E-state index in [2.05, 4.69) is 0 Å². The van der Waals surface area contributed by atoms with Gasteiger partial charge in [0.2, 0.25) is 0 Å². The Hall–Kier alpha value is -1.84. The standard InChI is InChI=1S/C12H12FNO2/c1-8(16-7-15)11-6-14(2)12-4-3-9(13)5-10(11)12/h3-8H,1-2H3. The number of carbonyl (C=O) groups is 1. The third-order valence-electron chi connectivity index (χ3n) is 2.68. The zero-order valence-electron chi connectivity index (χ0n) is 9.11. The minimum absolute atomic E-state index is 0.293. The molecule has 0 N–H and O–H groups in total. The maximum atomic E-state index is 13.2. The van der Waals surface area contributed by atoms with Gasteiger partial charge in [0.25, 0.3) is 6.47 Å². The zero-order chi connectivity index (χ0) is 11.7. The number of rotatable bonds is 3. The first-order chi connectivity index (χ1) is 7.63. The lowest BCUT2D eigenvalue weighted by Crippen LogP contribution is -1.97. The summed E-state index contributed by atoms with van der Waals surface area (Å²) in [5.41, 5.74) is 1.72. The summed E-state index contributed by atoms with van der Waals surface area (Å²) in [4.78, 5) is 10.3. The summed E-state index contributed by atoms with van der Waals surface area (Å²) in [5.74, 6) is -0.293. The smallest absolute Gasteiger partial charge is 0.293 e. The van der Waals surface area contributed by atoms with E-state index in [9.17, 15) is 9.18 Å². The average Bonchev–Trinajstić information content (AvgIpc) is 2.56. The van der Waals surface area contributed by atoms with E-state index in [1.54, 1.807) is 13.0 Å². The lowest BCUT2D eigenvalue weighted by molar-refractivity contribution is -0.133. The SMILES string of the molecule is CC(OC=O)c1cn(C)c2ccc(F)cc12. The Labute approximate surface area is 92.4 Å². The van der Waals surface area contributed by atoms with Crippen molar-refractivity contribution in [1.29, 1.82) is 0 Å². The molecular weight excluding hydrogens is 209 g/mol. The van der Waals surface area contributed by atoms with Crippen LogP contribution < -0.4 is 0 Å². The van der Waals surface area contributed by atoms with Gasteiger partial charge >= 0.3 is 0 Å². The topological polar surface area (TPSA) is 31.2 Å². The molecule has 1 unspecified atom stereocenters. The number of fused-ring (bicyclic) bond motifs is 1. The molecule has 4 heteroatoms. The monoisotopic (exact) mass is 221 g/mol. The Morgan fingerprint density at radius 3 is 2.94 bits per heavy atom. The van der Waals surface area contributed by atoms with Gasteiger partial charge in [-0.2, -0.15) is 0 Å². The summed E-state index contributed by atoms with van der Waals surface area (Å²) < 4.78 is 19.9. The van der Waals surface area contributed by atoms with E-state index in [0.717, 1.165) is 16.5 Å². The Balaban J connectivity index is 2.60. The molecule has 1 aromatic heterocycles. The van der Waals surface area contributed by atoms with Crippen LogP contribution in [0.3, 0.4) is 0 Å². The fourth-order valence-electron chi connectivity index (χ4n) is 1.88. The van der Waals surface area contributed by atoms with Crippen molar-refractivity contribution < 1.29 is 13.9 Å². The molecule has 0 amide bonds. The van der Waals surface area contributed by atoms with E-state index in [-0.39, 0.29) is 11.9 Å². The van der Waals surface area contributed by atoms with Crippen LogP contribution in [-0.2, 0) is 16.6 Å². The number of carbonyl (C=O) groups excluding carboxylic acids is 1. The summed E-state index contributed by atoms with van der Waals surface area (Å²) in [6, 6.07) is 4.58. The van der Waals surface area contributed by atoms with Crippen molar-refractivity contribution in [3.63, 3.8) is 0 Å². The van der Waals surface area contributed by atoms with Crippen LogP contribution >= 0.6 is 0 Å². The second kappa shape index (κ2) is 3.96. The predicted molar refractivity (Wildman–Crippen MR) is 58.4 cm³/mol. The molecule has 0 saturated carbocycles. The van der Waals surface area contributed by atoms with Crippen LogP contribution in [-0.4, -0.2) is 11.0 Å². The highest BCUT2D eigenvalue weighted by atomic mass is 19.1. The molecule has 0 bridgehead atoms. The lowest BCUT2D eigenvalue weighted by Gasteiger charge is -2.07. The van der Waals surface area contributed by atoms with Crippen LogP contribution in [0.2, 0.25) is 0 Å². The average molecular weight is 221 g/mol. The molecule has 1 atom stereocenters. The largest absolute Gasteiger partial charge is 0.460 e. The molecular formula is C12H12FNO2. The van der Waals surface area contributed by atoms with Gasteiger partial charge in [-0.25, -0.2) is 4.39 Å². The molecule has 0 aliphatic carbocycles. The van der Waals surface area contributed by atoms with Crippen LogP contribution in [0.5, 0.6) is 0 Å². The summed E-state index contributed by atoms with van der Waals surface area (Å²) in [6.07, 6.45) is 1.47. The minimum atomic E-state index is -0.372. The van der Waals surface area contributed by atoms with Crippen molar-refractivity contribution in [2.45, 2.75) is 13.0 Å². The van der Waals surface area contributed by atoms with Crippen LogP contribution in [0.15, 0.2) is 24.4 Å². The van der Waals surface area contributed by atoms with Crippen LogP contribution in [0.4, 0.5) is 4.39 Å². The molecule has 0 aliphatic heterocycles. The Morgan fingerprint density at radius 1 is 1.50 bits per heavy atom. The predicted octanol–water partition coefficient (Wildman–Crippen LogP) is 2.55. The highest BCUT2D eigenvalue weighted by Gasteiger charge is 2.14. The summed E-state index contributed by atoms with van der Waals surface area (Å²) in [7, 11) is 1.87. The summed E-state index contributed by atoms with van der Waals surface area (Å²) in [6.45, 7) is 2.16. The maximum Gasteiger partial charge on any atom is 0.293 e. The molecule has 0 saturated heterocycles. The number of benzene rings is 1. The highest BCUT2D eigenvalue weighted by Crippen LogP contribution is 2.28. The Morgan fingerprint density at radius 2 is 2.25 bits per heavy atom. The molecule has 16 heavy (non-hydrogen) atoms. The Kier molecular flexibility index (Phi) is 2.64. The van der Waals surface area contributed by atoms with E-state index in [4.69, 9.17) is 4.74 Å². The summed E-state index contributed by atoms with van der Waals surface area (Å²) >= 11 is 0. The number of ether oxygens (including phenoxy) is 1. The van der Waals surface area contributed by atoms with Gasteiger partial charge in [0.15, 0.2) is 0 Å². The van der Waals surface area contributed by atoms with Crippen molar-refractivity contribution in [2.24, 2.45) is 7.05 Å². The summed E-state index contributed by atoms with van der Waals surface area (Å²) in [5, 5.41) is 0.775. The number of hydrogen-bond acceptors (Lipinski definition) is 2. The fraction of sp³-hybridized carbons (Fsp3) is 0.250. The van der Waals surface area contributed by atoms with E-state index >= 15 is 0 Å². The van der Waals surface area contributed by atoms with Gasteiger partial charge < -0.3 is 9.30 Å². The molecule has 0 fully saturated rings. The van der Waals surface area contributed by atoms with Crippen molar-refractivity contribution in [3.8, 4) is 0 Å². The van der Waals surface area contributed by atoms with E-state index in [0.29, 0.717) is 6.47 Å². The number of halogens is 1. The normalized spacial score (nSPS) is 12.7. The van der Waals surface area contributed by atoms with Gasteiger partial charge in [-0.15, -0.1) is 0 Å². The molecule has 1 aromatic carbocycles. The molecule has 0 aliphatic rings. The van der Waals surface area contributed by atoms with Gasteiger partial charge in [-0.3, -0.25) is 4.79 Å². The molecule has 1 heterocycles. The van der Waals surface area contributed by atoms with Gasteiger partial charge in [0, 0.05) is 29.7 Å². The number of nitrogens with zero attached hydrogens (tertiary/aromatic N) is 1. The second-order valence-corrected chi connectivity index (χ2v) is 3.73. The molecule has 3 nitrogen and oxygen atoms in total. The first-order valence-corrected chi connectivity index (χ1v) is 4.97. The van der Waals surface area contributed by atoms with Crippen LogP contribution in [0.1, 0.15) is 18.6 Å². The molecule has 2 aromatic rings. The van der Waals surface area contributed by atoms with Gasteiger partial charge in [-0.05, 0) is 25.1 Å². The number of aryl methyl sites for hydroxylation is 1. The second-order valence-electron chi connectivity index (χ2n) is 3.73. The van der Waals surface area contributed by atoms with Gasteiger partial charge in [-0.1, -0.05) is 0 Å².